The number of carbonyl (C=O) groups excluding carboxylic acids is 2. The van der Waals surface area contributed by atoms with E-state index in [0.29, 0.717) is 30.6 Å². The summed E-state index contributed by atoms with van der Waals surface area (Å²) in [5.74, 6) is -3.54. The van der Waals surface area contributed by atoms with Gasteiger partial charge in [-0.05, 0) is 75.8 Å². The van der Waals surface area contributed by atoms with Gasteiger partial charge in [-0.2, -0.15) is 0 Å². The maximum Gasteiger partial charge on any atom is 0.309 e. The Labute approximate surface area is 231 Å². The van der Waals surface area contributed by atoms with E-state index in [0.717, 1.165) is 17.0 Å². The summed E-state index contributed by atoms with van der Waals surface area (Å²) in [6, 6.07) is 7.34. The summed E-state index contributed by atoms with van der Waals surface area (Å²) in [7, 11) is -4.16. The number of benzene rings is 2. The van der Waals surface area contributed by atoms with Crippen molar-refractivity contribution >= 4 is 33.3 Å². The number of nitrogens with one attached hydrogen (secondary N) is 1. The number of anilines is 1. The molecule has 40 heavy (non-hydrogen) atoms. The fourth-order valence-electron chi connectivity index (χ4n) is 6.26. The van der Waals surface area contributed by atoms with Gasteiger partial charge < -0.3 is 25.8 Å². The molecule has 0 saturated heterocycles. The molecule has 214 valence electrons. The molecule has 10 nitrogen and oxygen atoms in total. The number of hydrogen-bond acceptors (Lipinski definition) is 7. The molecule has 12 heteroatoms. The molecule has 2 aromatic rings. The van der Waals surface area contributed by atoms with Crippen LogP contribution < -0.4 is 20.7 Å². The molecule has 1 atom stereocenters. The molecular weight excluding hydrogens is 541 g/mol. The van der Waals surface area contributed by atoms with E-state index in [2.05, 4.69) is 5.32 Å². The number of nitrogens with two attached hydrogens (primary N) is 1. The molecule has 2 bridgehead atoms. The number of hydrogen-bond donors (Lipinski definition) is 3. The summed E-state index contributed by atoms with van der Waals surface area (Å²) in [6.07, 6.45) is 2.15. The number of ether oxygens (including phenoxy) is 1. The molecule has 3 aliphatic carbocycles. The second kappa shape index (κ2) is 9.84. The molecule has 4 aliphatic rings. The molecule has 4 N–H and O–H groups in total. The first-order valence-corrected chi connectivity index (χ1v) is 14.8. The van der Waals surface area contributed by atoms with E-state index >= 15 is 4.39 Å². The second-order valence-corrected chi connectivity index (χ2v) is 13.5. The van der Waals surface area contributed by atoms with E-state index in [4.69, 9.17) is 10.5 Å². The Hall–Kier alpha value is -3.51. The molecule has 2 aromatic carbocycles. The highest BCUT2D eigenvalue weighted by Gasteiger charge is 2.62. The van der Waals surface area contributed by atoms with Crippen LogP contribution in [-0.2, 0) is 26.0 Å². The van der Waals surface area contributed by atoms with Crippen LogP contribution in [0.4, 0.5) is 10.1 Å². The predicted octanol–water partition coefficient (Wildman–Crippen LogP) is 2.78. The summed E-state index contributed by atoms with van der Waals surface area (Å²) in [5, 5.41) is 12.4. The van der Waals surface area contributed by atoms with Crippen molar-refractivity contribution in [1.82, 2.24) is 5.32 Å². The van der Waals surface area contributed by atoms with Crippen LogP contribution >= 0.6 is 0 Å². The number of sulfone groups is 1. The molecule has 0 spiro atoms. The molecule has 0 unspecified atom stereocenters. The Morgan fingerprint density at radius 1 is 1.20 bits per heavy atom. The number of rotatable bonds is 7. The average molecular weight is 574 g/mol. The van der Waals surface area contributed by atoms with Gasteiger partial charge >= 0.3 is 5.97 Å². The van der Waals surface area contributed by atoms with Gasteiger partial charge in [-0.1, -0.05) is 12.1 Å². The standard InChI is InChI=1S/C28H32FN3O7S/c1-16(2)39-18-6-4-17(5-7-18)12-32-22-10-19(20(29)11-23(22)40(37,38)13-21(30)25(32)34)24(33)31-28-9-3-8-27(14-28,15-28)26(35)36/h4-7,10-11,16,21H,3,8-9,12-15,30H2,1-2H3,(H,31,33)(H,35,36)/t21-,27?,28?/m0/s1. The van der Waals surface area contributed by atoms with Gasteiger partial charge in [-0.15, -0.1) is 0 Å². The summed E-state index contributed by atoms with van der Waals surface area (Å²) in [4.78, 5) is 39.1. The van der Waals surface area contributed by atoms with E-state index in [-0.39, 0.29) is 31.2 Å². The lowest BCUT2D eigenvalue weighted by Crippen LogP contribution is -2.66. The van der Waals surface area contributed by atoms with Gasteiger partial charge in [0.1, 0.15) is 11.6 Å². The van der Waals surface area contributed by atoms with Gasteiger partial charge in [0.25, 0.3) is 5.91 Å². The summed E-state index contributed by atoms with van der Waals surface area (Å²) < 4.78 is 47.2. The van der Waals surface area contributed by atoms with Gasteiger partial charge in [0.05, 0.1) is 46.0 Å². The van der Waals surface area contributed by atoms with E-state index in [9.17, 15) is 27.9 Å². The number of amides is 2. The van der Waals surface area contributed by atoms with Crippen LogP contribution in [0.15, 0.2) is 41.3 Å². The third kappa shape index (κ3) is 4.94. The first-order chi connectivity index (χ1) is 18.7. The van der Waals surface area contributed by atoms with Crippen molar-refractivity contribution in [1.29, 1.82) is 0 Å². The smallest absolute Gasteiger partial charge is 0.309 e. The number of carboxylic acids is 1. The summed E-state index contributed by atoms with van der Waals surface area (Å²) >= 11 is 0. The number of aliphatic carboxylic acids is 1. The zero-order chi connectivity index (χ0) is 29.0. The van der Waals surface area contributed by atoms with Crippen LogP contribution in [0.2, 0.25) is 0 Å². The van der Waals surface area contributed by atoms with Gasteiger partial charge in [0.15, 0.2) is 9.84 Å². The van der Waals surface area contributed by atoms with Crippen LogP contribution in [0.3, 0.4) is 0 Å². The minimum absolute atomic E-state index is 0.0405. The average Bonchev–Trinajstić information content (AvgIpc) is 2.92. The van der Waals surface area contributed by atoms with E-state index < -0.39 is 66.6 Å². The van der Waals surface area contributed by atoms with Gasteiger partial charge in [0.2, 0.25) is 5.91 Å². The maximum atomic E-state index is 15.3. The molecule has 3 saturated carbocycles. The molecular formula is C28H32FN3O7S. The minimum Gasteiger partial charge on any atom is -0.491 e. The van der Waals surface area contributed by atoms with Crippen molar-refractivity contribution in [2.24, 2.45) is 11.1 Å². The highest BCUT2D eigenvalue weighted by Crippen LogP contribution is 2.58. The largest absolute Gasteiger partial charge is 0.491 e. The van der Waals surface area contributed by atoms with Gasteiger partial charge in [0, 0.05) is 5.54 Å². The quantitative estimate of drug-likeness (QED) is 0.457. The van der Waals surface area contributed by atoms with Gasteiger partial charge in [-0.3, -0.25) is 14.4 Å². The molecule has 1 heterocycles. The van der Waals surface area contributed by atoms with Crippen LogP contribution in [0.5, 0.6) is 5.75 Å². The monoisotopic (exact) mass is 573 g/mol. The normalized spacial score (nSPS) is 26.9. The van der Waals surface area contributed by atoms with Crippen molar-refractivity contribution in [2.45, 2.75) is 75.1 Å². The Morgan fingerprint density at radius 2 is 1.88 bits per heavy atom. The summed E-state index contributed by atoms with van der Waals surface area (Å²) in [5.41, 5.74) is 4.37. The lowest BCUT2D eigenvalue weighted by atomic mass is 9.49. The Bertz CT molecular complexity index is 1480. The number of nitrogens with zero attached hydrogens (tertiary/aromatic N) is 1. The number of fused-ring (bicyclic) bond motifs is 3. The molecule has 6 rings (SSSR count). The fraction of sp³-hybridized carbons (Fsp3) is 0.464. The predicted molar refractivity (Wildman–Crippen MR) is 143 cm³/mol. The van der Waals surface area contributed by atoms with E-state index in [1.54, 1.807) is 24.3 Å². The lowest BCUT2D eigenvalue weighted by Gasteiger charge is -2.58. The van der Waals surface area contributed by atoms with E-state index in [1.807, 2.05) is 13.8 Å². The fourth-order valence-corrected chi connectivity index (χ4v) is 7.83. The van der Waals surface area contributed by atoms with Crippen LogP contribution in [0.25, 0.3) is 0 Å². The molecule has 0 aromatic heterocycles. The Balaban J connectivity index is 1.49. The first kappa shape index (κ1) is 28.0. The molecule has 3 fully saturated rings. The SMILES string of the molecule is CC(C)Oc1ccc(CN2C(=O)[C@@H](N)CS(=O)(=O)c3cc(F)c(C(=O)NC45CCCC(C(=O)O)(C4)C5)cc32)cc1. The third-order valence-electron chi connectivity index (χ3n) is 8.03. The van der Waals surface area contributed by atoms with Crippen molar-refractivity contribution < 1.29 is 37.0 Å². The van der Waals surface area contributed by atoms with Crippen molar-refractivity contribution in [3.63, 3.8) is 0 Å². The van der Waals surface area contributed by atoms with E-state index in [1.165, 1.54) is 0 Å². The van der Waals surface area contributed by atoms with Crippen LogP contribution in [-0.4, -0.2) is 54.7 Å². The summed E-state index contributed by atoms with van der Waals surface area (Å²) in [6.45, 7) is 3.70. The Morgan fingerprint density at radius 3 is 2.50 bits per heavy atom. The number of carbonyl (C=O) groups is 3. The molecule has 0 radical (unpaired) electrons. The van der Waals surface area contributed by atoms with Crippen LogP contribution in [0.1, 0.15) is 61.9 Å². The maximum absolute atomic E-state index is 15.3. The number of carboxylic acid groups (broad SMARTS) is 1. The van der Waals surface area contributed by atoms with Crippen molar-refractivity contribution in [3.05, 3.63) is 53.3 Å². The van der Waals surface area contributed by atoms with Crippen molar-refractivity contribution in [3.8, 4) is 5.75 Å². The second-order valence-electron chi connectivity index (χ2n) is 11.4. The van der Waals surface area contributed by atoms with Gasteiger partial charge in [-0.25, -0.2) is 12.8 Å². The Kier molecular flexibility index (Phi) is 6.90. The third-order valence-corrected chi connectivity index (χ3v) is 9.83. The molecule has 2 amide bonds. The lowest BCUT2D eigenvalue weighted by molar-refractivity contribution is -0.167. The van der Waals surface area contributed by atoms with Crippen LogP contribution in [0, 0.1) is 11.2 Å². The molecule has 1 aliphatic heterocycles. The topological polar surface area (TPSA) is 156 Å². The van der Waals surface area contributed by atoms with Crippen molar-refractivity contribution in [2.75, 3.05) is 10.7 Å². The first-order valence-electron chi connectivity index (χ1n) is 13.2. The zero-order valence-electron chi connectivity index (χ0n) is 22.3. The highest BCUT2D eigenvalue weighted by molar-refractivity contribution is 7.91. The highest BCUT2D eigenvalue weighted by atomic mass is 32.2. The minimum atomic E-state index is -4.16. The zero-order valence-corrected chi connectivity index (χ0v) is 23.1. The number of halogens is 1.